The van der Waals surface area contributed by atoms with Gasteiger partial charge in [0, 0.05) is 12.8 Å². The van der Waals surface area contributed by atoms with Crippen LogP contribution in [0.4, 0.5) is 0 Å². The largest absolute Gasteiger partial charge is 0.462 e. The topological polar surface area (TPSA) is 231 Å². The summed E-state index contributed by atoms with van der Waals surface area (Å²) in [5.41, 5.74) is 0. The number of hydrogen-bond donors (Lipinski definition) is 7. The summed E-state index contributed by atoms with van der Waals surface area (Å²) in [6.07, 6.45) is 34.4. The summed E-state index contributed by atoms with van der Waals surface area (Å²) in [5.74, 6) is -1.02. The number of esters is 2. The van der Waals surface area contributed by atoms with Crippen LogP contribution in [-0.2, 0) is 38.0 Å². The average molecular weight is 989 g/mol. The maximum absolute atomic E-state index is 13.0. The van der Waals surface area contributed by atoms with Gasteiger partial charge in [-0.3, -0.25) is 9.59 Å². The van der Waals surface area contributed by atoms with Crippen molar-refractivity contribution in [2.45, 2.75) is 210 Å². The van der Waals surface area contributed by atoms with Crippen LogP contribution in [0.1, 0.15) is 142 Å². The Hall–Kier alpha value is -3.58. The molecule has 2 heterocycles. The zero-order chi connectivity index (χ0) is 51.0. The van der Waals surface area contributed by atoms with Crippen molar-refractivity contribution in [3.05, 3.63) is 97.2 Å². The lowest BCUT2D eigenvalue weighted by atomic mass is 9.98. The zero-order valence-electron chi connectivity index (χ0n) is 42.0. The van der Waals surface area contributed by atoms with E-state index in [1.165, 1.54) is 19.3 Å². The van der Waals surface area contributed by atoms with E-state index >= 15 is 0 Å². The molecular weight excluding hydrogens is 901 g/mol. The van der Waals surface area contributed by atoms with Gasteiger partial charge >= 0.3 is 11.9 Å². The van der Waals surface area contributed by atoms with Crippen molar-refractivity contribution < 1.29 is 73.8 Å². The normalized spacial score (nSPS) is 26.2. The second kappa shape index (κ2) is 41.0. The molecule has 0 aromatic rings. The van der Waals surface area contributed by atoms with Crippen molar-refractivity contribution in [1.29, 1.82) is 0 Å². The third kappa shape index (κ3) is 28.5. The van der Waals surface area contributed by atoms with Crippen LogP contribution in [0.15, 0.2) is 97.2 Å². The summed E-state index contributed by atoms with van der Waals surface area (Å²) in [4.78, 5) is 25.8. The minimum atomic E-state index is -1.78. The van der Waals surface area contributed by atoms with Crippen LogP contribution in [0, 0.1) is 0 Å². The smallest absolute Gasteiger partial charge is 0.306 e. The molecule has 2 fully saturated rings. The molecule has 4 unspecified atom stereocenters. The molecule has 15 nitrogen and oxygen atoms in total. The molecule has 2 saturated heterocycles. The lowest BCUT2D eigenvalue weighted by Crippen LogP contribution is -2.61. The van der Waals surface area contributed by atoms with Gasteiger partial charge in [-0.05, 0) is 96.3 Å². The zero-order valence-corrected chi connectivity index (χ0v) is 42.0. The number of hydrogen-bond acceptors (Lipinski definition) is 15. The summed E-state index contributed by atoms with van der Waals surface area (Å²) >= 11 is 0. The Bertz CT molecular complexity index is 1580. The minimum absolute atomic E-state index is 0.0994. The molecule has 0 aromatic heterocycles. The van der Waals surface area contributed by atoms with Gasteiger partial charge in [0.15, 0.2) is 18.7 Å². The van der Waals surface area contributed by atoms with Crippen molar-refractivity contribution in [3.8, 4) is 0 Å². The molecule has 0 spiro atoms. The molecule has 0 saturated carbocycles. The Balaban J connectivity index is 1.84. The van der Waals surface area contributed by atoms with E-state index in [0.717, 1.165) is 83.5 Å². The molecule has 11 atom stereocenters. The quantitative estimate of drug-likeness (QED) is 0.0182. The molecule has 0 amide bonds. The molecule has 0 aromatic carbocycles. The number of rotatable bonds is 38. The number of aliphatic hydroxyl groups is 7. The van der Waals surface area contributed by atoms with Gasteiger partial charge in [-0.25, -0.2) is 0 Å². The first kappa shape index (κ1) is 62.5. The monoisotopic (exact) mass is 989 g/mol. The molecular formula is C55H88O15. The van der Waals surface area contributed by atoms with Crippen molar-refractivity contribution in [2.24, 2.45) is 0 Å². The maximum Gasteiger partial charge on any atom is 0.306 e. The van der Waals surface area contributed by atoms with Crippen LogP contribution in [0.3, 0.4) is 0 Å². The van der Waals surface area contributed by atoms with Crippen molar-refractivity contribution in [3.63, 3.8) is 0 Å². The van der Waals surface area contributed by atoms with Crippen LogP contribution in [-0.4, -0.2) is 142 Å². The van der Waals surface area contributed by atoms with Gasteiger partial charge in [0.1, 0.15) is 55.4 Å². The fourth-order valence-corrected chi connectivity index (χ4v) is 7.31. The van der Waals surface area contributed by atoms with E-state index in [9.17, 15) is 45.3 Å². The number of carbonyl (C=O) groups excluding carboxylic acids is 2. The highest BCUT2D eigenvalue weighted by Crippen LogP contribution is 2.26. The lowest BCUT2D eigenvalue weighted by molar-refractivity contribution is -0.332. The molecule has 2 aliphatic heterocycles. The highest BCUT2D eigenvalue weighted by molar-refractivity contribution is 5.70. The molecule has 398 valence electrons. The summed E-state index contributed by atoms with van der Waals surface area (Å²) in [6, 6.07) is 0. The number of aliphatic hydroxyl groups excluding tert-OH is 7. The fraction of sp³-hybridized carbons (Fsp3) is 0.673. The Morgan fingerprint density at radius 3 is 1.41 bits per heavy atom. The van der Waals surface area contributed by atoms with Crippen molar-refractivity contribution >= 4 is 11.9 Å². The minimum Gasteiger partial charge on any atom is -0.462 e. The third-order valence-corrected chi connectivity index (χ3v) is 11.5. The third-order valence-electron chi connectivity index (χ3n) is 11.5. The molecule has 0 radical (unpaired) electrons. The van der Waals surface area contributed by atoms with Crippen LogP contribution >= 0.6 is 0 Å². The SMILES string of the molecule is CC/C=C/C/C=C/C/C=C/C/C=C/CCCCC(=O)O[C@@H](COC(=O)CCCCC/C=C/C/C=C/C/C=C/C/C=C/CCCCC)CO[C@@H]1O[C@H](CO[C@@H]2O[C@H](CO)[C@H](O)C(O)C2O)[C@H](O)C(O)C1O. The van der Waals surface area contributed by atoms with E-state index in [2.05, 4.69) is 111 Å². The molecule has 0 bridgehead atoms. The fourth-order valence-electron chi connectivity index (χ4n) is 7.31. The van der Waals surface area contributed by atoms with E-state index in [4.69, 9.17) is 28.4 Å². The molecule has 2 rings (SSSR count). The molecule has 0 aliphatic carbocycles. The maximum atomic E-state index is 13.0. The first-order valence-electron chi connectivity index (χ1n) is 25.8. The van der Waals surface area contributed by atoms with Gasteiger partial charge in [0.25, 0.3) is 0 Å². The average Bonchev–Trinajstić information content (AvgIpc) is 3.35. The van der Waals surface area contributed by atoms with Gasteiger partial charge in [-0.15, -0.1) is 0 Å². The van der Waals surface area contributed by atoms with Gasteiger partial charge in [-0.1, -0.05) is 130 Å². The van der Waals surface area contributed by atoms with E-state index in [1.807, 2.05) is 0 Å². The van der Waals surface area contributed by atoms with Crippen LogP contribution < -0.4 is 0 Å². The van der Waals surface area contributed by atoms with Crippen LogP contribution in [0.2, 0.25) is 0 Å². The second-order valence-corrected chi connectivity index (χ2v) is 17.6. The van der Waals surface area contributed by atoms with E-state index in [1.54, 1.807) is 0 Å². The Kier molecular flexibility index (Phi) is 36.6. The summed E-state index contributed by atoms with van der Waals surface area (Å²) < 4.78 is 33.5. The van der Waals surface area contributed by atoms with Gasteiger partial charge in [0.05, 0.1) is 19.8 Å². The first-order chi connectivity index (χ1) is 34.0. The van der Waals surface area contributed by atoms with Gasteiger partial charge in [-0.2, -0.15) is 0 Å². The molecule has 2 aliphatic rings. The van der Waals surface area contributed by atoms with Crippen molar-refractivity contribution in [1.82, 2.24) is 0 Å². The second-order valence-electron chi connectivity index (χ2n) is 17.6. The van der Waals surface area contributed by atoms with Gasteiger partial charge in [0.2, 0.25) is 0 Å². The molecule has 7 N–H and O–H groups in total. The highest BCUT2D eigenvalue weighted by Gasteiger charge is 2.47. The van der Waals surface area contributed by atoms with Gasteiger partial charge < -0.3 is 64.2 Å². The summed E-state index contributed by atoms with van der Waals surface area (Å²) in [5, 5.41) is 72.1. The number of unbranched alkanes of at least 4 members (excludes halogenated alkanes) is 8. The van der Waals surface area contributed by atoms with E-state index < -0.39 is 99.3 Å². The summed E-state index contributed by atoms with van der Waals surface area (Å²) in [6.45, 7) is 2.34. The van der Waals surface area contributed by atoms with Crippen LogP contribution in [0.5, 0.6) is 0 Å². The van der Waals surface area contributed by atoms with E-state index in [0.29, 0.717) is 12.8 Å². The Labute approximate surface area is 417 Å². The number of allylic oxidation sites excluding steroid dienone is 16. The number of carbonyl (C=O) groups is 2. The Morgan fingerprint density at radius 2 is 0.900 bits per heavy atom. The Morgan fingerprint density at radius 1 is 0.471 bits per heavy atom. The van der Waals surface area contributed by atoms with E-state index in [-0.39, 0.29) is 19.4 Å². The first-order valence-corrected chi connectivity index (χ1v) is 25.8. The van der Waals surface area contributed by atoms with Crippen molar-refractivity contribution in [2.75, 3.05) is 26.4 Å². The molecule has 15 heteroatoms. The predicted octanol–water partition coefficient (Wildman–Crippen LogP) is 7.37. The standard InChI is InChI=1S/C55H88O15/c1-3-5-7-9-11-13-15-17-19-20-21-22-24-25-27-29-31-33-35-37-46(57)65-40-43(68-47(58)38-36-34-32-30-28-26-23-18-16-14-12-10-8-6-4-2)41-66-54-53(64)51(62)49(60)45(70-54)42-67-55-52(63)50(61)48(59)44(39-56)69-55/h6,8,11-14,17-19,21-23,25,27-28,30,43-45,48-56,59-64H,3-5,7,9-10,15-16,20,24,26,29,31-42H2,1-2H3/b8-6+,13-11+,14-12+,19-17+,22-21+,23-18+,27-25+,30-28+/t43-,44+,45+,48-,49-,50?,51?,52?,53?,54+,55+/m0/s1. The predicted molar refractivity (Wildman–Crippen MR) is 270 cm³/mol. The summed E-state index contributed by atoms with van der Waals surface area (Å²) in [7, 11) is 0. The van der Waals surface area contributed by atoms with Crippen LogP contribution in [0.25, 0.3) is 0 Å². The highest BCUT2D eigenvalue weighted by atomic mass is 16.7. The molecule has 70 heavy (non-hydrogen) atoms. The number of ether oxygens (including phenoxy) is 6. The lowest BCUT2D eigenvalue weighted by Gasteiger charge is -2.42.